The maximum absolute atomic E-state index is 4.47. The Kier molecular flexibility index (Phi) is 3.96. The highest BCUT2D eigenvalue weighted by Gasteiger charge is 2.06. The highest BCUT2D eigenvalue weighted by molar-refractivity contribution is 7.17. The molecule has 3 rings (SSSR count). The van der Waals surface area contributed by atoms with Gasteiger partial charge in [-0.2, -0.15) is 5.10 Å². The molecular formula is C15H17N5S. The molecule has 3 aromatic rings. The summed E-state index contributed by atoms with van der Waals surface area (Å²) in [4.78, 5) is 12.0. The molecule has 0 amide bonds. The third-order valence-electron chi connectivity index (χ3n) is 3.29. The van der Waals surface area contributed by atoms with E-state index < -0.39 is 0 Å². The molecule has 2 heterocycles. The Hall–Kier alpha value is -2.21. The molecule has 0 spiro atoms. The van der Waals surface area contributed by atoms with Gasteiger partial charge in [-0.3, -0.25) is 0 Å². The van der Waals surface area contributed by atoms with Crippen LogP contribution in [0.1, 0.15) is 18.7 Å². The molecule has 108 valence electrons. The smallest absolute Gasteiger partial charge is 0.185 e. The highest BCUT2D eigenvalue weighted by atomic mass is 32.1. The van der Waals surface area contributed by atoms with Gasteiger partial charge in [-0.1, -0.05) is 23.5 Å². The molecule has 2 aromatic heterocycles. The molecule has 0 unspecified atom stereocenters. The van der Waals surface area contributed by atoms with Crippen LogP contribution in [-0.4, -0.2) is 33.9 Å². The summed E-state index contributed by atoms with van der Waals surface area (Å²) in [5, 5.41) is 5.51. The monoisotopic (exact) mass is 299 g/mol. The lowest BCUT2D eigenvalue weighted by Crippen LogP contribution is -2.21. The van der Waals surface area contributed by atoms with Crippen molar-refractivity contribution in [3.05, 3.63) is 41.7 Å². The normalized spacial score (nSPS) is 11.5. The molecule has 0 saturated heterocycles. The van der Waals surface area contributed by atoms with Gasteiger partial charge in [0.15, 0.2) is 5.13 Å². The predicted octanol–water partition coefficient (Wildman–Crippen LogP) is 3.22. The van der Waals surface area contributed by atoms with Gasteiger partial charge < -0.3 is 4.90 Å². The maximum Gasteiger partial charge on any atom is 0.185 e. The number of nitrogens with zero attached hydrogens (tertiary/aromatic N) is 5. The average Bonchev–Trinajstić information content (AvgIpc) is 3.13. The molecule has 0 aliphatic carbocycles. The Morgan fingerprint density at radius 2 is 2.05 bits per heavy atom. The standard InChI is InChI=1S/C15H17N5S/c1-3-19(4-2)15-16-9-12(21-15)10-18-20-11-17-13-7-5-6-8-14(13)20/h5-11H,3-4H2,1-2H3/b18-10-. The molecule has 6 heteroatoms. The molecule has 0 bridgehead atoms. The van der Waals surface area contributed by atoms with Gasteiger partial charge in [0.25, 0.3) is 0 Å². The molecule has 1 aromatic carbocycles. The topological polar surface area (TPSA) is 46.3 Å². The van der Waals surface area contributed by atoms with Crippen molar-refractivity contribution in [1.82, 2.24) is 14.6 Å². The summed E-state index contributed by atoms with van der Waals surface area (Å²) in [5.74, 6) is 0. The number of hydrogen-bond donors (Lipinski definition) is 0. The van der Waals surface area contributed by atoms with Crippen molar-refractivity contribution in [2.75, 3.05) is 18.0 Å². The van der Waals surface area contributed by atoms with Gasteiger partial charge in [0.2, 0.25) is 0 Å². The third kappa shape index (κ3) is 2.80. The Balaban J connectivity index is 1.83. The van der Waals surface area contributed by atoms with E-state index in [2.05, 4.69) is 33.8 Å². The number of imidazole rings is 1. The van der Waals surface area contributed by atoms with Crippen molar-refractivity contribution in [2.45, 2.75) is 13.8 Å². The van der Waals surface area contributed by atoms with Gasteiger partial charge in [0.1, 0.15) is 6.33 Å². The van der Waals surface area contributed by atoms with Crippen LogP contribution in [0, 0.1) is 0 Å². The zero-order valence-electron chi connectivity index (χ0n) is 12.1. The lowest BCUT2D eigenvalue weighted by molar-refractivity contribution is 0.860. The first kappa shape index (κ1) is 13.8. The van der Waals surface area contributed by atoms with Crippen LogP contribution in [-0.2, 0) is 0 Å². The number of thiazole rings is 1. The molecule has 0 radical (unpaired) electrons. The lowest BCUT2D eigenvalue weighted by atomic mass is 10.3. The second-order valence-corrected chi connectivity index (χ2v) is 5.58. The average molecular weight is 299 g/mol. The molecule has 5 nitrogen and oxygen atoms in total. The number of para-hydroxylation sites is 2. The van der Waals surface area contributed by atoms with E-state index in [9.17, 15) is 0 Å². The fraction of sp³-hybridized carbons (Fsp3) is 0.267. The van der Waals surface area contributed by atoms with Crippen molar-refractivity contribution < 1.29 is 0 Å². The molecule has 0 N–H and O–H groups in total. The summed E-state index contributed by atoms with van der Waals surface area (Å²) >= 11 is 1.65. The Labute approximate surface area is 127 Å². The summed E-state index contributed by atoms with van der Waals surface area (Å²) in [7, 11) is 0. The molecule has 0 atom stereocenters. The van der Waals surface area contributed by atoms with Gasteiger partial charge in [-0.25, -0.2) is 14.6 Å². The van der Waals surface area contributed by atoms with Gasteiger partial charge in [0.05, 0.1) is 22.1 Å². The van der Waals surface area contributed by atoms with E-state index in [1.807, 2.05) is 36.7 Å². The second-order valence-electron chi connectivity index (χ2n) is 4.54. The van der Waals surface area contributed by atoms with Crippen LogP contribution in [0.4, 0.5) is 5.13 Å². The quantitative estimate of drug-likeness (QED) is 0.680. The summed E-state index contributed by atoms with van der Waals surface area (Å²) in [6, 6.07) is 7.95. The van der Waals surface area contributed by atoms with E-state index in [1.165, 1.54) is 0 Å². The van der Waals surface area contributed by atoms with Gasteiger partial charge in [-0.15, -0.1) is 0 Å². The van der Waals surface area contributed by atoms with Crippen LogP contribution in [0.15, 0.2) is 41.9 Å². The number of aromatic nitrogens is 3. The maximum atomic E-state index is 4.47. The Morgan fingerprint density at radius 1 is 1.24 bits per heavy atom. The SMILES string of the molecule is CCN(CC)c1ncc(/C=N\n2cnc3ccccc32)s1. The minimum absolute atomic E-state index is 0.947. The first-order valence-corrected chi connectivity index (χ1v) is 7.80. The second kappa shape index (κ2) is 6.05. The van der Waals surface area contributed by atoms with E-state index in [4.69, 9.17) is 0 Å². The number of hydrogen-bond acceptors (Lipinski definition) is 5. The van der Waals surface area contributed by atoms with Crippen molar-refractivity contribution in [1.29, 1.82) is 0 Å². The first-order valence-electron chi connectivity index (χ1n) is 6.99. The minimum Gasteiger partial charge on any atom is -0.349 e. The fourth-order valence-electron chi connectivity index (χ4n) is 2.13. The molecule has 0 fully saturated rings. The zero-order chi connectivity index (χ0) is 14.7. The van der Waals surface area contributed by atoms with Crippen molar-refractivity contribution in [3.63, 3.8) is 0 Å². The molecule has 0 aliphatic heterocycles. The zero-order valence-corrected chi connectivity index (χ0v) is 12.9. The first-order chi connectivity index (χ1) is 10.3. The van der Waals surface area contributed by atoms with Gasteiger partial charge in [0, 0.05) is 19.3 Å². The number of fused-ring (bicyclic) bond motifs is 1. The summed E-state index contributed by atoms with van der Waals surface area (Å²) in [6.07, 6.45) is 5.42. The van der Waals surface area contributed by atoms with Crippen molar-refractivity contribution in [3.8, 4) is 0 Å². The lowest BCUT2D eigenvalue weighted by Gasteiger charge is -2.16. The fourth-order valence-corrected chi connectivity index (χ4v) is 3.04. The van der Waals surface area contributed by atoms with Crippen LogP contribution in [0.25, 0.3) is 11.0 Å². The number of anilines is 1. The van der Waals surface area contributed by atoms with E-state index in [-0.39, 0.29) is 0 Å². The predicted molar refractivity (Wildman–Crippen MR) is 88.4 cm³/mol. The molecular weight excluding hydrogens is 282 g/mol. The Morgan fingerprint density at radius 3 is 2.86 bits per heavy atom. The van der Waals surface area contributed by atoms with Crippen molar-refractivity contribution >= 4 is 33.7 Å². The van der Waals surface area contributed by atoms with Crippen LogP contribution in [0.2, 0.25) is 0 Å². The third-order valence-corrected chi connectivity index (χ3v) is 4.28. The highest BCUT2D eigenvalue weighted by Crippen LogP contribution is 2.21. The molecule has 0 aliphatic rings. The minimum atomic E-state index is 0.947. The molecule has 0 saturated carbocycles. The van der Waals surface area contributed by atoms with Crippen LogP contribution < -0.4 is 4.90 Å². The summed E-state index contributed by atoms with van der Waals surface area (Å²) < 4.78 is 1.78. The van der Waals surface area contributed by atoms with Crippen LogP contribution in [0.5, 0.6) is 0 Å². The number of rotatable bonds is 5. The van der Waals surface area contributed by atoms with Gasteiger partial charge >= 0.3 is 0 Å². The summed E-state index contributed by atoms with van der Waals surface area (Å²) in [5.41, 5.74) is 1.95. The van der Waals surface area contributed by atoms with E-state index in [0.717, 1.165) is 34.1 Å². The van der Waals surface area contributed by atoms with E-state index in [1.54, 1.807) is 22.3 Å². The molecule has 21 heavy (non-hydrogen) atoms. The largest absolute Gasteiger partial charge is 0.349 e. The van der Waals surface area contributed by atoms with E-state index in [0.29, 0.717) is 0 Å². The Bertz CT molecular complexity index is 754. The van der Waals surface area contributed by atoms with Crippen LogP contribution in [0.3, 0.4) is 0 Å². The van der Waals surface area contributed by atoms with E-state index >= 15 is 0 Å². The summed E-state index contributed by atoms with van der Waals surface area (Å²) in [6.45, 7) is 6.20. The number of benzene rings is 1. The van der Waals surface area contributed by atoms with Crippen molar-refractivity contribution in [2.24, 2.45) is 5.10 Å². The van der Waals surface area contributed by atoms with Crippen LogP contribution >= 0.6 is 11.3 Å². The van der Waals surface area contributed by atoms with Gasteiger partial charge in [-0.05, 0) is 26.0 Å².